The normalized spacial score (nSPS) is 12.8. The summed E-state index contributed by atoms with van der Waals surface area (Å²) in [5.41, 5.74) is 4.24. The molecular weight excluding hydrogens is 266 g/mol. The van der Waals surface area contributed by atoms with Gasteiger partial charge in [0.05, 0.1) is 0 Å². The van der Waals surface area contributed by atoms with Gasteiger partial charge in [-0.1, -0.05) is 0 Å². The van der Waals surface area contributed by atoms with Gasteiger partial charge in [0, 0.05) is 0 Å². The molecule has 0 aromatic heterocycles. The van der Waals surface area contributed by atoms with E-state index in [9.17, 15) is 0 Å². The zero-order valence-corrected chi connectivity index (χ0v) is 13.1. The Morgan fingerprint density at radius 2 is 1.40 bits per heavy atom. The molecule has 1 aromatic rings. The van der Waals surface area contributed by atoms with Gasteiger partial charge in [0.25, 0.3) is 0 Å². The summed E-state index contributed by atoms with van der Waals surface area (Å²) in [6, 6.07) is 4.58. The van der Waals surface area contributed by atoms with Crippen LogP contribution >= 0.6 is 6.17 Å². The fourth-order valence-electron chi connectivity index (χ4n) is 1.83. The van der Waals surface area contributed by atoms with Crippen LogP contribution < -0.4 is 5.30 Å². The molecule has 0 nitrogen and oxygen atoms in total. The van der Waals surface area contributed by atoms with Crippen LogP contribution in [-0.2, 0) is 0 Å². The summed E-state index contributed by atoms with van der Waals surface area (Å²) in [6.07, 6.45) is -0.196. The summed E-state index contributed by atoms with van der Waals surface area (Å²) in [5, 5.41) is 1.89. The summed E-state index contributed by atoms with van der Waals surface area (Å²) in [4.78, 5) is 0. The molecule has 0 saturated heterocycles. The van der Waals surface area contributed by atoms with Crippen molar-refractivity contribution in [3.05, 3.63) is 28.8 Å². The Labute approximate surface area is 102 Å². The summed E-state index contributed by atoms with van der Waals surface area (Å²) < 4.78 is 0. The van der Waals surface area contributed by atoms with Gasteiger partial charge in [-0.25, -0.2) is 0 Å². The monoisotopic (exact) mass is 287 g/mol. The van der Waals surface area contributed by atoms with Crippen LogP contribution in [-0.4, -0.2) is 20.3 Å². The molecule has 2 heteroatoms. The van der Waals surface area contributed by atoms with Crippen molar-refractivity contribution in [2.75, 3.05) is 0 Å². The van der Waals surface area contributed by atoms with Crippen molar-refractivity contribution >= 4 is 26.6 Å². The van der Waals surface area contributed by atoms with Crippen molar-refractivity contribution in [2.24, 2.45) is 0 Å². The van der Waals surface area contributed by atoms with E-state index < -0.39 is 0 Å². The molecule has 0 N–H and O–H groups in total. The molecule has 0 amide bonds. The number of rotatable bonds is 1. The SMILES string of the molecule is Cc1cc(C)c([P+](=[Se])C(C)(C)C)c(C)c1. The first kappa shape index (κ1) is 13.1. The van der Waals surface area contributed by atoms with Gasteiger partial charge in [-0.15, -0.1) is 0 Å². The van der Waals surface area contributed by atoms with Crippen LogP contribution in [0.4, 0.5) is 0 Å². The van der Waals surface area contributed by atoms with Crippen molar-refractivity contribution in [1.82, 2.24) is 0 Å². The van der Waals surface area contributed by atoms with E-state index in [2.05, 4.69) is 68.8 Å². The summed E-state index contributed by atoms with van der Waals surface area (Å²) in [7, 11) is 0. The molecule has 1 rings (SSSR count). The standard InChI is InChI=1S/C13H20PSe/c1-9-7-10(2)12(11(3)8-9)14(15)13(4,5)6/h7-8H,1-6H3/q+1. The Balaban J connectivity index is 3.33. The molecule has 82 valence electrons. The third kappa shape index (κ3) is 3.00. The molecule has 0 fully saturated rings. The van der Waals surface area contributed by atoms with E-state index in [0.29, 0.717) is 5.16 Å². The van der Waals surface area contributed by atoms with E-state index in [-0.39, 0.29) is 6.17 Å². The molecule has 1 atom stereocenters. The molecule has 1 aromatic carbocycles. The molecule has 15 heavy (non-hydrogen) atoms. The number of aryl methyl sites for hydroxylation is 3. The van der Waals surface area contributed by atoms with Crippen LogP contribution in [0.1, 0.15) is 37.5 Å². The molecule has 0 saturated carbocycles. The molecule has 0 aliphatic carbocycles. The zero-order chi connectivity index (χ0) is 11.8. The maximum absolute atomic E-state index is 3.40. The predicted molar refractivity (Wildman–Crippen MR) is 72.7 cm³/mol. The first-order valence-electron chi connectivity index (χ1n) is 5.28. The zero-order valence-electron chi connectivity index (χ0n) is 10.5. The van der Waals surface area contributed by atoms with E-state index in [1.54, 1.807) is 5.30 Å². The molecule has 0 spiro atoms. The topological polar surface area (TPSA) is 0 Å². The fraction of sp³-hybridized carbons (Fsp3) is 0.538. The molecule has 0 radical (unpaired) electrons. The van der Waals surface area contributed by atoms with Crippen molar-refractivity contribution in [3.63, 3.8) is 0 Å². The van der Waals surface area contributed by atoms with Crippen LogP contribution in [0.3, 0.4) is 0 Å². The van der Waals surface area contributed by atoms with E-state index >= 15 is 0 Å². The number of benzene rings is 1. The van der Waals surface area contributed by atoms with Crippen molar-refractivity contribution in [3.8, 4) is 0 Å². The Morgan fingerprint density at radius 1 is 1.00 bits per heavy atom. The Morgan fingerprint density at radius 3 is 1.73 bits per heavy atom. The Hall–Kier alpha value is 0.0395. The van der Waals surface area contributed by atoms with Crippen LogP contribution in [0.5, 0.6) is 0 Å². The minimum absolute atomic E-state index is 0.196. The van der Waals surface area contributed by atoms with Gasteiger partial charge < -0.3 is 0 Å². The second-order valence-electron chi connectivity index (χ2n) is 5.21. The van der Waals surface area contributed by atoms with Crippen molar-refractivity contribution in [1.29, 1.82) is 0 Å². The van der Waals surface area contributed by atoms with Gasteiger partial charge in [-0.3, -0.25) is 0 Å². The average Bonchev–Trinajstić information content (AvgIpc) is 1.99. The minimum atomic E-state index is -0.196. The first-order chi connectivity index (χ1) is 6.73. The molecular formula is C13H20PSe+. The van der Waals surface area contributed by atoms with E-state index in [0.717, 1.165) is 0 Å². The average molecular weight is 286 g/mol. The first-order valence-corrected chi connectivity index (χ1v) is 8.84. The van der Waals surface area contributed by atoms with E-state index in [1.807, 2.05) is 0 Å². The van der Waals surface area contributed by atoms with Crippen molar-refractivity contribution in [2.45, 2.75) is 46.7 Å². The maximum atomic E-state index is 3.40. The third-order valence-corrected chi connectivity index (χ3v) is 9.37. The van der Waals surface area contributed by atoms with Gasteiger partial charge in [0.2, 0.25) is 0 Å². The van der Waals surface area contributed by atoms with Gasteiger partial charge in [-0.05, 0) is 0 Å². The Kier molecular flexibility index (Phi) is 3.93. The number of hydrogen-bond donors (Lipinski definition) is 0. The second kappa shape index (κ2) is 4.50. The second-order valence-corrected chi connectivity index (χ2v) is 9.89. The van der Waals surface area contributed by atoms with Crippen LogP contribution in [0, 0.1) is 20.8 Å². The van der Waals surface area contributed by atoms with Gasteiger partial charge in [-0.2, -0.15) is 0 Å². The Bertz CT molecular complexity index is 376. The van der Waals surface area contributed by atoms with Crippen molar-refractivity contribution < 1.29 is 0 Å². The van der Waals surface area contributed by atoms with E-state index in [1.165, 1.54) is 16.7 Å². The summed E-state index contributed by atoms with van der Waals surface area (Å²) in [6.45, 7) is 13.6. The van der Waals surface area contributed by atoms with Gasteiger partial charge in [0.15, 0.2) is 0 Å². The van der Waals surface area contributed by atoms with Crippen LogP contribution in [0.25, 0.3) is 0 Å². The third-order valence-electron chi connectivity index (χ3n) is 2.45. The molecule has 0 aliphatic rings. The van der Waals surface area contributed by atoms with Gasteiger partial charge >= 0.3 is 102 Å². The molecule has 0 bridgehead atoms. The quantitative estimate of drug-likeness (QED) is 0.546. The van der Waals surface area contributed by atoms with Crippen LogP contribution in [0.2, 0.25) is 0 Å². The van der Waals surface area contributed by atoms with E-state index in [4.69, 9.17) is 0 Å². The summed E-state index contributed by atoms with van der Waals surface area (Å²) >= 11 is 3.40. The summed E-state index contributed by atoms with van der Waals surface area (Å²) in [5.74, 6) is 0. The fourth-order valence-corrected chi connectivity index (χ4v) is 5.08. The molecule has 1 unspecified atom stereocenters. The number of hydrogen-bond acceptors (Lipinski definition) is 0. The molecule has 0 heterocycles. The predicted octanol–water partition coefficient (Wildman–Crippen LogP) is 3.60. The van der Waals surface area contributed by atoms with Crippen LogP contribution in [0.15, 0.2) is 12.1 Å². The van der Waals surface area contributed by atoms with Gasteiger partial charge in [0.1, 0.15) is 0 Å². The molecule has 0 aliphatic heterocycles.